The first-order chi connectivity index (χ1) is 4.84. The Labute approximate surface area is 70.7 Å². The molecule has 0 amide bonds. The second kappa shape index (κ2) is 3.81. The van der Waals surface area contributed by atoms with Crippen LogP contribution in [0.15, 0.2) is 30.3 Å². The van der Waals surface area contributed by atoms with E-state index in [2.05, 4.69) is 53.5 Å². The molecule has 48 valence electrons. The molecule has 0 N–H and O–H groups in total. The third-order valence-corrected chi connectivity index (χ3v) is 2.52. The van der Waals surface area contributed by atoms with E-state index in [1.807, 2.05) is 0 Å². The van der Waals surface area contributed by atoms with Gasteiger partial charge in [-0.15, -0.1) is 0 Å². The first kappa shape index (κ1) is 7.86. The van der Waals surface area contributed by atoms with Crippen LogP contribution in [0.4, 0.5) is 0 Å². The summed E-state index contributed by atoms with van der Waals surface area (Å²) in [6.45, 7) is 2.20. The topological polar surface area (TPSA) is 0 Å². The first-order valence-corrected chi connectivity index (χ1v) is 4.31. The fourth-order valence-electron chi connectivity index (χ4n) is 0.936. The molecule has 0 aliphatic carbocycles. The molecule has 0 aromatic heterocycles. The Morgan fingerprint density at radius 2 is 1.90 bits per heavy atom. The first-order valence-electron chi connectivity index (χ1n) is 3.65. The SMILES string of the molecule is CC[CH]([Al+2])c1ccccc1. The number of hydrogen-bond donors (Lipinski definition) is 0. The van der Waals surface area contributed by atoms with Crippen molar-refractivity contribution in [3.05, 3.63) is 35.9 Å². The van der Waals surface area contributed by atoms with Gasteiger partial charge in [0, 0.05) is 0 Å². The Kier molecular flexibility index (Phi) is 2.99. The van der Waals surface area contributed by atoms with Gasteiger partial charge in [-0.1, -0.05) is 0 Å². The van der Waals surface area contributed by atoms with Crippen LogP contribution >= 0.6 is 0 Å². The standard InChI is InChI=1S/C9H11.Al/c1-2-6-9-7-4-3-5-8-9;/h3-8H,2H2,1H3;/q;+2. The molecule has 10 heavy (non-hydrogen) atoms. The van der Waals surface area contributed by atoms with E-state index in [1.165, 1.54) is 12.0 Å². The minimum absolute atomic E-state index is 0.626. The van der Waals surface area contributed by atoms with Crippen LogP contribution in [-0.2, 0) is 0 Å². The van der Waals surface area contributed by atoms with Crippen molar-refractivity contribution in [2.75, 3.05) is 0 Å². The summed E-state index contributed by atoms with van der Waals surface area (Å²) in [5.74, 6) is 0. The van der Waals surface area contributed by atoms with Crippen LogP contribution in [0.25, 0.3) is 0 Å². The molecule has 0 fully saturated rings. The van der Waals surface area contributed by atoms with Gasteiger partial charge in [0.2, 0.25) is 0 Å². The molecule has 0 aliphatic rings. The molecule has 0 spiro atoms. The van der Waals surface area contributed by atoms with Crippen molar-refractivity contribution in [3.63, 3.8) is 0 Å². The predicted molar refractivity (Wildman–Crippen MR) is 45.2 cm³/mol. The molecular formula is C9H11Al+2. The van der Waals surface area contributed by atoms with Gasteiger partial charge in [-0.25, -0.2) is 0 Å². The van der Waals surface area contributed by atoms with Crippen molar-refractivity contribution in [1.29, 1.82) is 0 Å². The minimum atomic E-state index is 0.626. The molecule has 0 saturated heterocycles. The molecule has 0 heterocycles. The third-order valence-electron chi connectivity index (χ3n) is 1.67. The van der Waals surface area contributed by atoms with Crippen molar-refractivity contribution >= 4 is 16.3 Å². The van der Waals surface area contributed by atoms with Gasteiger partial charge in [0.15, 0.2) is 0 Å². The van der Waals surface area contributed by atoms with Gasteiger partial charge < -0.3 is 0 Å². The van der Waals surface area contributed by atoms with E-state index in [1.54, 1.807) is 0 Å². The van der Waals surface area contributed by atoms with E-state index in [4.69, 9.17) is 0 Å². The van der Waals surface area contributed by atoms with Crippen molar-refractivity contribution in [3.8, 4) is 0 Å². The summed E-state index contributed by atoms with van der Waals surface area (Å²) in [6.07, 6.45) is 1.19. The van der Waals surface area contributed by atoms with Gasteiger partial charge in [0.1, 0.15) is 0 Å². The van der Waals surface area contributed by atoms with Gasteiger partial charge >= 0.3 is 70.3 Å². The van der Waals surface area contributed by atoms with Crippen LogP contribution in [0.2, 0.25) is 0 Å². The summed E-state index contributed by atoms with van der Waals surface area (Å²) < 4.78 is 0.626. The molecule has 1 heteroatoms. The Morgan fingerprint density at radius 1 is 1.30 bits per heavy atom. The summed E-state index contributed by atoms with van der Waals surface area (Å²) >= 11 is 2.85. The molecule has 0 radical (unpaired) electrons. The van der Waals surface area contributed by atoms with E-state index in [0.29, 0.717) is 4.78 Å². The zero-order chi connectivity index (χ0) is 7.40. The van der Waals surface area contributed by atoms with E-state index >= 15 is 0 Å². The van der Waals surface area contributed by atoms with E-state index in [-0.39, 0.29) is 0 Å². The molecule has 1 rings (SSSR count). The fraction of sp³-hybridized carbons (Fsp3) is 0.333. The molecule has 1 aromatic rings. The van der Waals surface area contributed by atoms with Crippen molar-refractivity contribution in [2.45, 2.75) is 18.1 Å². The molecule has 0 aliphatic heterocycles. The summed E-state index contributed by atoms with van der Waals surface area (Å²) in [5, 5.41) is 0. The van der Waals surface area contributed by atoms with Crippen LogP contribution in [0, 0.1) is 0 Å². The van der Waals surface area contributed by atoms with Crippen molar-refractivity contribution in [2.24, 2.45) is 0 Å². The zero-order valence-corrected chi connectivity index (χ0v) is 7.40. The van der Waals surface area contributed by atoms with E-state index in [0.717, 1.165) is 0 Å². The fourth-order valence-corrected chi connectivity index (χ4v) is 1.16. The molecular weight excluding hydrogens is 135 g/mol. The average molecular weight is 146 g/mol. The monoisotopic (exact) mass is 146 g/mol. The van der Waals surface area contributed by atoms with Crippen molar-refractivity contribution in [1.82, 2.24) is 0 Å². The van der Waals surface area contributed by atoms with Crippen LogP contribution in [0.3, 0.4) is 0 Å². The number of benzene rings is 1. The predicted octanol–water partition coefficient (Wildman–Crippen LogP) is 2.31. The Bertz CT molecular complexity index is 181. The maximum absolute atomic E-state index is 2.85. The average Bonchev–Trinajstić information content (AvgIpc) is 2.05. The molecule has 0 bridgehead atoms. The van der Waals surface area contributed by atoms with Crippen LogP contribution < -0.4 is 0 Å². The molecule has 0 nitrogen and oxygen atoms in total. The summed E-state index contributed by atoms with van der Waals surface area (Å²) in [6, 6.07) is 10.6. The zero-order valence-electron chi connectivity index (χ0n) is 6.25. The Balaban J connectivity index is 2.75. The summed E-state index contributed by atoms with van der Waals surface area (Å²) in [5.41, 5.74) is 1.41. The van der Waals surface area contributed by atoms with Crippen LogP contribution in [0.1, 0.15) is 23.7 Å². The molecule has 1 aromatic carbocycles. The summed E-state index contributed by atoms with van der Waals surface area (Å²) in [4.78, 5) is 0. The quantitative estimate of drug-likeness (QED) is 0.561. The van der Waals surface area contributed by atoms with Crippen LogP contribution in [0.5, 0.6) is 0 Å². The normalized spacial score (nSPS) is 13.1. The number of hydrogen-bond acceptors (Lipinski definition) is 0. The molecule has 1 atom stereocenters. The van der Waals surface area contributed by atoms with Crippen molar-refractivity contribution < 1.29 is 0 Å². The molecule has 1 unspecified atom stereocenters. The van der Waals surface area contributed by atoms with Gasteiger partial charge in [-0.3, -0.25) is 0 Å². The second-order valence-corrected chi connectivity index (χ2v) is 3.23. The molecule has 0 saturated carbocycles. The Hall–Kier alpha value is -0.248. The second-order valence-electron chi connectivity index (χ2n) is 2.43. The van der Waals surface area contributed by atoms with Crippen LogP contribution in [-0.4, -0.2) is 16.3 Å². The summed E-state index contributed by atoms with van der Waals surface area (Å²) in [7, 11) is 0. The van der Waals surface area contributed by atoms with Gasteiger partial charge in [-0.2, -0.15) is 0 Å². The van der Waals surface area contributed by atoms with E-state index < -0.39 is 0 Å². The van der Waals surface area contributed by atoms with Gasteiger partial charge in [-0.05, 0) is 0 Å². The van der Waals surface area contributed by atoms with E-state index in [9.17, 15) is 0 Å². The number of rotatable bonds is 2. The van der Waals surface area contributed by atoms with Gasteiger partial charge in [0.25, 0.3) is 0 Å². The third kappa shape index (κ3) is 1.87. The van der Waals surface area contributed by atoms with Gasteiger partial charge in [0.05, 0.1) is 0 Å². The maximum atomic E-state index is 2.85. The Morgan fingerprint density at radius 3 is 2.40 bits per heavy atom.